The molecule has 1 unspecified atom stereocenters. The quantitative estimate of drug-likeness (QED) is 0.198. The fraction of sp³-hybridized carbons (Fsp3) is 0.579. The van der Waals surface area contributed by atoms with Gasteiger partial charge in [0.1, 0.15) is 0 Å². The molecule has 29 heavy (non-hydrogen) atoms. The number of rotatable bonds is 8. The van der Waals surface area contributed by atoms with Crippen LogP contribution in [0.3, 0.4) is 0 Å². The number of guanidine groups is 1. The smallest absolute Gasteiger partial charge is 0.251 e. The van der Waals surface area contributed by atoms with Crippen molar-refractivity contribution in [2.45, 2.75) is 19.9 Å². The van der Waals surface area contributed by atoms with E-state index in [1.54, 1.807) is 18.2 Å². The fourth-order valence-electron chi connectivity index (χ4n) is 2.80. The highest BCUT2D eigenvalue weighted by atomic mass is 127. The lowest BCUT2D eigenvalue weighted by atomic mass is 10.2. The molecule has 1 heterocycles. The average Bonchev–Trinajstić information content (AvgIpc) is 2.71. The summed E-state index contributed by atoms with van der Waals surface area (Å²) in [5, 5.41) is 10.1. The number of benzene rings is 1. The van der Waals surface area contributed by atoms with Crippen LogP contribution < -0.4 is 16.0 Å². The van der Waals surface area contributed by atoms with Crippen molar-refractivity contribution < 1.29 is 9.53 Å². The van der Waals surface area contributed by atoms with Crippen molar-refractivity contribution in [3.8, 4) is 0 Å². The van der Waals surface area contributed by atoms with Crippen molar-refractivity contribution in [2.75, 3.05) is 52.5 Å². The van der Waals surface area contributed by atoms with Gasteiger partial charge in [-0.15, -0.1) is 24.0 Å². The molecule has 0 radical (unpaired) electrons. The van der Waals surface area contributed by atoms with E-state index in [1.807, 2.05) is 6.92 Å². The Morgan fingerprint density at radius 3 is 2.52 bits per heavy atom. The highest BCUT2D eigenvalue weighted by Crippen LogP contribution is 2.22. The number of carbonyl (C=O) groups excluding carboxylic acids is 1. The van der Waals surface area contributed by atoms with E-state index in [-0.39, 0.29) is 29.9 Å². The number of ether oxygens (including phenoxy) is 1. The minimum Gasteiger partial charge on any atom is -0.379 e. The molecule has 0 aromatic heterocycles. The van der Waals surface area contributed by atoms with Gasteiger partial charge >= 0.3 is 0 Å². The monoisotopic (exact) mass is 557 g/mol. The Labute approximate surface area is 199 Å². The van der Waals surface area contributed by atoms with Gasteiger partial charge in [-0.1, -0.05) is 23.2 Å². The van der Waals surface area contributed by atoms with Crippen LogP contribution in [0.1, 0.15) is 24.2 Å². The van der Waals surface area contributed by atoms with Gasteiger partial charge in [-0.25, -0.2) is 0 Å². The molecule has 0 saturated carbocycles. The van der Waals surface area contributed by atoms with Gasteiger partial charge in [0, 0.05) is 44.3 Å². The molecule has 7 nitrogen and oxygen atoms in total. The normalized spacial score (nSPS) is 15.9. The molecule has 0 aliphatic carbocycles. The summed E-state index contributed by atoms with van der Waals surface area (Å²) < 4.78 is 5.39. The van der Waals surface area contributed by atoms with Crippen LogP contribution in [-0.2, 0) is 4.74 Å². The second kappa shape index (κ2) is 14.2. The van der Waals surface area contributed by atoms with Crippen molar-refractivity contribution in [3.05, 3.63) is 33.8 Å². The van der Waals surface area contributed by atoms with E-state index >= 15 is 0 Å². The number of halogens is 3. The maximum absolute atomic E-state index is 12.2. The van der Waals surface area contributed by atoms with Gasteiger partial charge in [0.2, 0.25) is 0 Å². The first kappa shape index (κ1) is 26.2. The Morgan fingerprint density at radius 1 is 1.17 bits per heavy atom. The fourth-order valence-corrected chi connectivity index (χ4v) is 3.09. The minimum atomic E-state index is -0.191. The SMILES string of the molecule is CCNC(=NCC(C)N1CCOCC1)NCCNC(=O)c1ccc(Cl)c(Cl)c1.I. The molecule has 1 aliphatic heterocycles. The van der Waals surface area contributed by atoms with Gasteiger partial charge in [0.05, 0.1) is 29.8 Å². The number of hydrogen-bond donors (Lipinski definition) is 3. The third-order valence-electron chi connectivity index (χ3n) is 4.41. The van der Waals surface area contributed by atoms with Gasteiger partial charge in [-0.3, -0.25) is 14.7 Å². The maximum atomic E-state index is 12.2. The van der Waals surface area contributed by atoms with Crippen molar-refractivity contribution in [1.82, 2.24) is 20.9 Å². The molecule has 1 atom stereocenters. The number of nitrogens with zero attached hydrogens (tertiary/aromatic N) is 2. The van der Waals surface area contributed by atoms with Crippen LogP contribution in [0.5, 0.6) is 0 Å². The highest BCUT2D eigenvalue weighted by Gasteiger charge is 2.16. The Hall–Kier alpha value is -0.810. The maximum Gasteiger partial charge on any atom is 0.251 e. The first-order valence-corrected chi connectivity index (χ1v) is 10.3. The predicted octanol–water partition coefficient (Wildman–Crippen LogP) is 2.62. The molecule has 0 spiro atoms. The zero-order valence-electron chi connectivity index (χ0n) is 16.8. The first-order chi connectivity index (χ1) is 13.5. The molecule has 1 aliphatic rings. The van der Waals surface area contributed by atoms with Gasteiger partial charge < -0.3 is 20.7 Å². The number of aliphatic imine (C=N–C) groups is 1. The molecule has 10 heteroatoms. The third kappa shape index (κ3) is 9.25. The predicted molar refractivity (Wildman–Crippen MR) is 130 cm³/mol. The molecule has 1 amide bonds. The zero-order chi connectivity index (χ0) is 20.4. The van der Waals surface area contributed by atoms with E-state index in [9.17, 15) is 4.79 Å². The van der Waals surface area contributed by atoms with E-state index in [2.05, 4.69) is 32.8 Å². The van der Waals surface area contributed by atoms with E-state index in [0.717, 1.165) is 38.8 Å². The Bertz CT molecular complexity index is 672. The lowest BCUT2D eigenvalue weighted by Gasteiger charge is -2.31. The summed E-state index contributed by atoms with van der Waals surface area (Å²) in [6, 6.07) is 5.18. The van der Waals surface area contributed by atoms with Crippen molar-refractivity contribution in [2.24, 2.45) is 4.99 Å². The van der Waals surface area contributed by atoms with Crippen LogP contribution in [0.25, 0.3) is 0 Å². The molecule has 1 fully saturated rings. The van der Waals surface area contributed by atoms with Crippen LogP contribution in [0.15, 0.2) is 23.2 Å². The molecular weight excluding hydrogens is 528 g/mol. The molecule has 1 aromatic carbocycles. The lowest BCUT2D eigenvalue weighted by molar-refractivity contribution is 0.0220. The Morgan fingerprint density at radius 2 is 1.86 bits per heavy atom. The Kier molecular flexibility index (Phi) is 12.9. The number of carbonyl (C=O) groups is 1. The summed E-state index contributed by atoms with van der Waals surface area (Å²) >= 11 is 11.8. The van der Waals surface area contributed by atoms with E-state index < -0.39 is 0 Å². The van der Waals surface area contributed by atoms with Gasteiger partial charge in [-0.05, 0) is 32.0 Å². The van der Waals surface area contributed by atoms with Gasteiger partial charge in [0.15, 0.2) is 5.96 Å². The van der Waals surface area contributed by atoms with Crippen molar-refractivity contribution in [1.29, 1.82) is 0 Å². The standard InChI is InChI=1S/C19H29Cl2N5O2.HI/c1-3-22-19(25-13-14(2)26-8-10-28-11-9-26)24-7-6-23-18(27)15-4-5-16(20)17(21)12-15;/h4-5,12,14H,3,6-11,13H2,1-2H3,(H,23,27)(H2,22,24,25);1H. The molecular formula is C19H30Cl2IN5O2. The largest absolute Gasteiger partial charge is 0.379 e. The average molecular weight is 558 g/mol. The summed E-state index contributed by atoms with van der Waals surface area (Å²) in [7, 11) is 0. The Balaban J connectivity index is 0.00000420. The number of nitrogens with one attached hydrogen (secondary N) is 3. The second-order valence-corrected chi connectivity index (χ2v) is 7.34. The summed E-state index contributed by atoms with van der Waals surface area (Å²) in [4.78, 5) is 19.2. The summed E-state index contributed by atoms with van der Waals surface area (Å²) in [5.74, 6) is 0.551. The van der Waals surface area contributed by atoms with Gasteiger partial charge in [-0.2, -0.15) is 0 Å². The summed E-state index contributed by atoms with van der Waals surface area (Å²) in [6.07, 6.45) is 0. The molecule has 1 aromatic rings. The summed E-state index contributed by atoms with van der Waals surface area (Å²) in [5.41, 5.74) is 0.481. The molecule has 1 saturated heterocycles. The van der Waals surface area contributed by atoms with E-state index in [0.29, 0.717) is 41.3 Å². The topological polar surface area (TPSA) is 78.0 Å². The second-order valence-electron chi connectivity index (χ2n) is 6.53. The zero-order valence-corrected chi connectivity index (χ0v) is 20.7. The third-order valence-corrected chi connectivity index (χ3v) is 5.15. The van der Waals surface area contributed by atoms with E-state index in [1.165, 1.54) is 0 Å². The molecule has 164 valence electrons. The van der Waals surface area contributed by atoms with Crippen molar-refractivity contribution >= 4 is 59.0 Å². The molecule has 0 bridgehead atoms. The van der Waals surface area contributed by atoms with Gasteiger partial charge in [0.25, 0.3) is 5.91 Å². The van der Waals surface area contributed by atoms with Crippen LogP contribution in [-0.4, -0.2) is 75.3 Å². The number of amides is 1. The first-order valence-electron chi connectivity index (χ1n) is 9.58. The molecule has 2 rings (SSSR count). The molecule has 3 N–H and O–H groups in total. The van der Waals surface area contributed by atoms with Crippen molar-refractivity contribution in [3.63, 3.8) is 0 Å². The van der Waals surface area contributed by atoms with Crippen LogP contribution in [0.4, 0.5) is 0 Å². The van der Waals surface area contributed by atoms with E-state index in [4.69, 9.17) is 27.9 Å². The number of hydrogen-bond acceptors (Lipinski definition) is 4. The lowest BCUT2D eigenvalue weighted by Crippen LogP contribution is -2.45. The number of morpholine rings is 1. The van der Waals surface area contributed by atoms with Crippen LogP contribution in [0.2, 0.25) is 10.0 Å². The minimum absolute atomic E-state index is 0. The summed E-state index contributed by atoms with van der Waals surface area (Å²) in [6.45, 7) is 10.1. The highest BCUT2D eigenvalue weighted by molar-refractivity contribution is 14.0. The van der Waals surface area contributed by atoms with Crippen LogP contribution >= 0.6 is 47.2 Å². The van der Waals surface area contributed by atoms with Crippen LogP contribution in [0, 0.1) is 0 Å².